The fourth-order valence-electron chi connectivity index (χ4n) is 3.80. The van der Waals surface area contributed by atoms with E-state index in [-0.39, 0.29) is 18.3 Å². The van der Waals surface area contributed by atoms with Gasteiger partial charge in [-0.15, -0.1) is 0 Å². The Labute approximate surface area is 177 Å². The van der Waals surface area contributed by atoms with Crippen LogP contribution in [0.3, 0.4) is 0 Å². The summed E-state index contributed by atoms with van der Waals surface area (Å²) in [5, 5.41) is 0. The predicted octanol–water partition coefficient (Wildman–Crippen LogP) is 4.00. The number of rotatable bonds is 2. The van der Waals surface area contributed by atoms with Crippen LogP contribution in [0.25, 0.3) is 6.08 Å². The topological polar surface area (TPSA) is 82.1 Å². The fourth-order valence-corrected chi connectivity index (χ4v) is 3.80. The SMILES string of the molecule is COC(=O)C=Cc1ccc2c(c1)C(=O)CC1(CCCN(C(=O)OC(C)(C)C)CC1)O2. The second-order valence-electron chi connectivity index (χ2n) is 8.82. The van der Waals surface area contributed by atoms with E-state index in [9.17, 15) is 14.4 Å². The van der Waals surface area contributed by atoms with Crippen molar-refractivity contribution in [2.24, 2.45) is 0 Å². The Morgan fingerprint density at radius 3 is 2.67 bits per heavy atom. The Bertz CT molecular complexity index is 869. The quantitative estimate of drug-likeness (QED) is 0.536. The standard InChI is InChI=1S/C23H29NO6/c1-22(2,3)30-21(27)24-12-5-10-23(11-13-24)15-18(25)17-14-16(6-8-19(17)29-23)7-9-20(26)28-4/h6-9,14H,5,10-13,15H2,1-4H3. The van der Waals surface area contributed by atoms with Crippen LogP contribution in [0, 0.1) is 0 Å². The molecule has 0 saturated carbocycles. The molecule has 0 radical (unpaired) electrons. The van der Waals surface area contributed by atoms with Gasteiger partial charge in [0.2, 0.25) is 0 Å². The first-order valence-corrected chi connectivity index (χ1v) is 10.2. The van der Waals surface area contributed by atoms with Crippen molar-refractivity contribution < 1.29 is 28.6 Å². The molecule has 0 aromatic heterocycles. The number of ether oxygens (including phenoxy) is 3. The van der Waals surface area contributed by atoms with Gasteiger partial charge < -0.3 is 19.1 Å². The molecule has 0 N–H and O–H groups in total. The lowest BCUT2D eigenvalue weighted by Gasteiger charge is -2.37. The molecule has 1 spiro atoms. The molecule has 0 aliphatic carbocycles. The highest BCUT2D eigenvalue weighted by Crippen LogP contribution is 2.40. The van der Waals surface area contributed by atoms with E-state index in [1.54, 1.807) is 29.2 Å². The number of Topliss-reactive ketones (excluding diaryl/α,β-unsaturated/α-hetero) is 1. The number of esters is 1. The van der Waals surface area contributed by atoms with Crippen LogP contribution >= 0.6 is 0 Å². The number of nitrogens with zero attached hydrogens (tertiary/aromatic N) is 1. The molecule has 1 atom stereocenters. The maximum atomic E-state index is 12.9. The van der Waals surface area contributed by atoms with Crippen LogP contribution in [0.2, 0.25) is 0 Å². The van der Waals surface area contributed by atoms with Crippen LogP contribution in [-0.2, 0) is 14.3 Å². The number of carbonyl (C=O) groups excluding carboxylic acids is 3. The van der Waals surface area contributed by atoms with Crippen LogP contribution in [0.15, 0.2) is 24.3 Å². The summed E-state index contributed by atoms with van der Waals surface area (Å²) < 4.78 is 16.4. The molecule has 7 nitrogen and oxygen atoms in total. The molecular formula is C23H29NO6. The predicted molar refractivity (Wildman–Crippen MR) is 111 cm³/mol. The highest BCUT2D eigenvalue weighted by atomic mass is 16.6. The Balaban J connectivity index is 1.73. The normalized spacial score (nSPS) is 21.7. The highest BCUT2D eigenvalue weighted by molar-refractivity contribution is 6.01. The van der Waals surface area contributed by atoms with E-state index in [0.29, 0.717) is 37.2 Å². The average molecular weight is 415 g/mol. The second-order valence-corrected chi connectivity index (χ2v) is 8.82. The largest absolute Gasteiger partial charge is 0.486 e. The summed E-state index contributed by atoms with van der Waals surface area (Å²) in [6, 6.07) is 5.30. The van der Waals surface area contributed by atoms with Gasteiger partial charge in [0, 0.05) is 25.6 Å². The van der Waals surface area contributed by atoms with Gasteiger partial charge in [0.05, 0.1) is 19.1 Å². The zero-order valence-electron chi connectivity index (χ0n) is 18.0. The number of amides is 1. The molecular weight excluding hydrogens is 386 g/mol. The van der Waals surface area contributed by atoms with Crippen molar-refractivity contribution in [1.82, 2.24) is 4.90 Å². The minimum absolute atomic E-state index is 0.00952. The van der Waals surface area contributed by atoms with E-state index in [4.69, 9.17) is 9.47 Å². The second kappa shape index (κ2) is 8.50. The van der Waals surface area contributed by atoms with Gasteiger partial charge in [-0.05, 0) is 57.4 Å². The minimum atomic E-state index is -0.607. The van der Waals surface area contributed by atoms with E-state index >= 15 is 0 Å². The van der Waals surface area contributed by atoms with Crippen molar-refractivity contribution in [3.05, 3.63) is 35.4 Å². The molecule has 30 heavy (non-hydrogen) atoms. The summed E-state index contributed by atoms with van der Waals surface area (Å²) in [6.45, 7) is 6.60. The minimum Gasteiger partial charge on any atom is -0.486 e. The first kappa shape index (κ1) is 21.9. The van der Waals surface area contributed by atoms with Gasteiger partial charge in [0.15, 0.2) is 5.78 Å². The van der Waals surface area contributed by atoms with Gasteiger partial charge in [-0.1, -0.05) is 6.07 Å². The molecule has 2 aliphatic rings. The molecule has 0 bridgehead atoms. The first-order valence-electron chi connectivity index (χ1n) is 10.2. The van der Waals surface area contributed by atoms with Crippen molar-refractivity contribution in [1.29, 1.82) is 0 Å². The summed E-state index contributed by atoms with van der Waals surface area (Å²) in [4.78, 5) is 38.3. The molecule has 1 amide bonds. The zero-order chi connectivity index (χ0) is 21.9. The van der Waals surface area contributed by atoms with Gasteiger partial charge >= 0.3 is 12.1 Å². The number of ketones is 1. The van der Waals surface area contributed by atoms with Crippen LogP contribution in [-0.4, -0.2) is 54.1 Å². The Hall–Kier alpha value is -2.83. The Morgan fingerprint density at radius 2 is 1.97 bits per heavy atom. The van der Waals surface area contributed by atoms with E-state index in [1.165, 1.54) is 13.2 Å². The van der Waals surface area contributed by atoms with Crippen LogP contribution in [0.5, 0.6) is 5.75 Å². The zero-order valence-corrected chi connectivity index (χ0v) is 18.0. The van der Waals surface area contributed by atoms with Crippen LogP contribution < -0.4 is 4.74 Å². The van der Waals surface area contributed by atoms with Gasteiger partial charge in [-0.25, -0.2) is 9.59 Å². The van der Waals surface area contributed by atoms with Crippen molar-refractivity contribution in [3.8, 4) is 5.75 Å². The number of hydrogen-bond acceptors (Lipinski definition) is 6. The summed E-state index contributed by atoms with van der Waals surface area (Å²) in [7, 11) is 1.31. The van der Waals surface area contributed by atoms with E-state index in [2.05, 4.69) is 4.74 Å². The monoisotopic (exact) mass is 415 g/mol. The third-order valence-corrected chi connectivity index (χ3v) is 5.28. The van der Waals surface area contributed by atoms with Crippen molar-refractivity contribution in [2.45, 2.75) is 57.7 Å². The van der Waals surface area contributed by atoms with E-state index in [0.717, 1.165) is 12.0 Å². The number of methoxy groups -OCH3 is 1. The van der Waals surface area contributed by atoms with Gasteiger partial charge in [-0.2, -0.15) is 0 Å². The lowest BCUT2D eigenvalue weighted by molar-refractivity contribution is -0.134. The summed E-state index contributed by atoms with van der Waals surface area (Å²) in [6.07, 6.45) is 4.86. The van der Waals surface area contributed by atoms with Gasteiger partial charge in [-0.3, -0.25) is 4.79 Å². The summed E-state index contributed by atoms with van der Waals surface area (Å²) in [5.41, 5.74) is 0.0894. The Kier molecular flexibility index (Phi) is 6.19. The number of likely N-dealkylation sites (tertiary alicyclic amines) is 1. The first-order chi connectivity index (χ1) is 14.1. The summed E-state index contributed by atoms with van der Waals surface area (Å²) >= 11 is 0. The molecule has 162 valence electrons. The number of carbonyl (C=O) groups is 3. The number of hydrogen-bond donors (Lipinski definition) is 0. The fraction of sp³-hybridized carbons (Fsp3) is 0.522. The maximum absolute atomic E-state index is 12.9. The van der Waals surface area contributed by atoms with Crippen LogP contribution in [0.4, 0.5) is 4.79 Å². The molecule has 1 unspecified atom stereocenters. The van der Waals surface area contributed by atoms with Crippen molar-refractivity contribution in [2.75, 3.05) is 20.2 Å². The summed E-state index contributed by atoms with van der Waals surface area (Å²) in [5.74, 6) is 0.102. The maximum Gasteiger partial charge on any atom is 0.410 e. The van der Waals surface area contributed by atoms with E-state index < -0.39 is 17.2 Å². The van der Waals surface area contributed by atoms with E-state index in [1.807, 2.05) is 20.8 Å². The molecule has 1 aromatic rings. The molecule has 3 rings (SSSR count). The third kappa shape index (κ3) is 5.20. The van der Waals surface area contributed by atoms with Crippen molar-refractivity contribution in [3.63, 3.8) is 0 Å². The molecule has 1 aromatic carbocycles. The molecule has 1 fully saturated rings. The lowest BCUT2D eigenvalue weighted by atomic mass is 9.84. The molecule has 1 saturated heterocycles. The molecule has 2 aliphatic heterocycles. The Morgan fingerprint density at radius 1 is 1.20 bits per heavy atom. The highest BCUT2D eigenvalue weighted by Gasteiger charge is 2.42. The van der Waals surface area contributed by atoms with Crippen LogP contribution in [0.1, 0.15) is 62.4 Å². The number of benzene rings is 1. The smallest absolute Gasteiger partial charge is 0.410 e. The number of fused-ring (bicyclic) bond motifs is 1. The third-order valence-electron chi connectivity index (χ3n) is 5.28. The molecule has 2 heterocycles. The van der Waals surface area contributed by atoms with Gasteiger partial charge in [0.1, 0.15) is 17.0 Å². The average Bonchev–Trinajstić information content (AvgIpc) is 2.87. The van der Waals surface area contributed by atoms with Gasteiger partial charge in [0.25, 0.3) is 0 Å². The van der Waals surface area contributed by atoms with Crippen molar-refractivity contribution >= 4 is 23.9 Å². The lowest BCUT2D eigenvalue weighted by Crippen LogP contribution is -2.43. The molecule has 7 heteroatoms.